The Morgan fingerprint density at radius 2 is 1.86 bits per heavy atom. The molecule has 0 fully saturated rings. The fraction of sp³-hybridized carbons (Fsp3) is 0.562. The molecule has 0 aliphatic rings. The molecule has 1 aromatic carbocycles. The number of hydrogen-bond donors (Lipinski definition) is 1. The van der Waals surface area contributed by atoms with Crippen LogP contribution in [0.5, 0.6) is 5.75 Å². The molecule has 1 unspecified atom stereocenters. The second-order valence-electron chi connectivity index (χ2n) is 5.57. The molecule has 0 spiro atoms. The van der Waals surface area contributed by atoms with E-state index in [4.69, 9.17) is 9.84 Å². The van der Waals surface area contributed by atoms with Crippen molar-refractivity contribution in [2.75, 3.05) is 40.8 Å². The Hall–Kier alpha value is -1.59. The second kappa shape index (κ2) is 8.64. The second-order valence-corrected chi connectivity index (χ2v) is 5.57. The summed E-state index contributed by atoms with van der Waals surface area (Å²) in [6, 6.07) is 8.10. The van der Waals surface area contributed by atoms with Crippen molar-refractivity contribution < 1.29 is 14.6 Å². The summed E-state index contributed by atoms with van der Waals surface area (Å²) >= 11 is 0. The van der Waals surface area contributed by atoms with Crippen LogP contribution in [0.25, 0.3) is 0 Å². The van der Waals surface area contributed by atoms with Gasteiger partial charge in [0.2, 0.25) is 0 Å². The van der Waals surface area contributed by atoms with Gasteiger partial charge in [0.05, 0.1) is 13.7 Å². The Kier molecular flexibility index (Phi) is 7.19. The zero-order valence-electron chi connectivity index (χ0n) is 13.4. The van der Waals surface area contributed by atoms with Gasteiger partial charge in [-0.25, -0.2) is 0 Å². The highest BCUT2D eigenvalue weighted by molar-refractivity contribution is 5.69. The molecule has 1 rings (SSSR count). The van der Waals surface area contributed by atoms with Crippen molar-refractivity contribution in [3.63, 3.8) is 0 Å². The van der Waals surface area contributed by atoms with Crippen molar-refractivity contribution in [2.24, 2.45) is 0 Å². The lowest BCUT2D eigenvalue weighted by Gasteiger charge is -2.28. The quantitative estimate of drug-likeness (QED) is 0.749. The number of methoxy groups -OCH3 is 1. The molecule has 0 aliphatic heterocycles. The van der Waals surface area contributed by atoms with E-state index >= 15 is 0 Å². The lowest BCUT2D eigenvalue weighted by Crippen LogP contribution is -2.42. The summed E-state index contributed by atoms with van der Waals surface area (Å²) in [6.45, 7) is 3.74. The first kappa shape index (κ1) is 17.5. The zero-order valence-corrected chi connectivity index (χ0v) is 13.4. The molecule has 0 heterocycles. The van der Waals surface area contributed by atoms with E-state index in [9.17, 15) is 4.79 Å². The number of hydrogen-bond acceptors (Lipinski definition) is 4. The minimum atomic E-state index is -0.782. The summed E-state index contributed by atoms with van der Waals surface area (Å²) in [4.78, 5) is 15.1. The SMILES string of the molecule is COc1ccc(CC(C)N(CCN(C)C)CC(=O)O)cc1. The zero-order chi connectivity index (χ0) is 15.8. The fourth-order valence-corrected chi connectivity index (χ4v) is 2.19. The fourth-order valence-electron chi connectivity index (χ4n) is 2.19. The van der Waals surface area contributed by atoms with E-state index in [-0.39, 0.29) is 12.6 Å². The van der Waals surface area contributed by atoms with Crippen molar-refractivity contribution in [1.29, 1.82) is 0 Å². The standard InChI is InChI=1S/C16H26N2O3/c1-13(11-14-5-7-15(21-4)8-6-14)18(12-16(19)20)10-9-17(2)3/h5-8,13H,9-12H2,1-4H3,(H,19,20). The maximum Gasteiger partial charge on any atom is 0.317 e. The number of ether oxygens (including phenoxy) is 1. The number of carboxylic acid groups (broad SMARTS) is 1. The highest BCUT2D eigenvalue weighted by Crippen LogP contribution is 2.14. The van der Waals surface area contributed by atoms with Crippen molar-refractivity contribution in [1.82, 2.24) is 9.80 Å². The van der Waals surface area contributed by atoms with E-state index in [0.29, 0.717) is 0 Å². The third kappa shape index (κ3) is 6.60. The molecule has 0 saturated carbocycles. The van der Waals surface area contributed by atoms with Crippen LogP contribution >= 0.6 is 0 Å². The number of benzene rings is 1. The van der Waals surface area contributed by atoms with Crippen LogP contribution in [0, 0.1) is 0 Å². The van der Waals surface area contributed by atoms with E-state index in [1.807, 2.05) is 43.3 Å². The van der Waals surface area contributed by atoms with Gasteiger partial charge in [-0.3, -0.25) is 9.69 Å². The molecular weight excluding hydrogens is 268 g/mol. The van der Waals surface area contributed by atoms with Crippen molar-refractivity contribution in [3.8, 4) is 5.75 Å². The largest absolute Gasteiger partial charge is 0.497 e. The number of carbonyl (C=O) groups is 1. The number of likely N-dealkylation sites (N-methyl/N-ethyl adjacent to an activating group) is 1. The third-order valence-corrected chi connectivity index (χ3v) is 3.49. The van der Waals surface area contributed by atoms with Crippen molar-refractivity contribution in [3.05, 3.63) is 29.8 Å². The summed E-state index contributed by atoms with van der Waals surface area (Å²) in [5.41, 5.74) is 1.18. The van der Waals surface area contributed by atoms with Crippen LogP contribution in [0.3, 0.4) is 0 Å². The Bertz CT molecular complexity index is 432. The van der Waals surface area contributed by atoms with Gasteiger partial charge in [0, 0.05) is 19.1 Å². The summed E-state index contributed by atoms with van der Waals surface area (Å²) in [7, 11) is 5.63. The molecule has 0 saturated heterocycles. The molecule has 0 aliphatic carbocycles. The average molecular weight is 294 g/mol. The normalized spacial score (nSPS) is 12.7. The molecule has 1 atom stereocenters. The monoisotopic (exact) mass is 294 g/mol. The number of carboxylic acids is 1. The van der Waals surface area contributed by atoms with Gasteiger partial charge in [-0.1, -0.05) is 12.1 Å². The Morgan fingerprint density at radius 1 is 1.24 bits per heavy atom. The van der Waals surface area contributed by atoms with E-state index in [2.05, 4.69) is 11.8 Å². The van der Waals surface area contributed by atoms with Crippen LogP contribution in [0.15, 0.2) is 24.3 Å². The minimum Gasteiger partial charge on any atom is -0.497 e. The Morgan fingerprint density at radius 3 is 2.33 bits per heavy atom. The first-order chi connectivity index (χ1) is 9.92. The summed E-state index contributed by atoms with van der Waals surface area (Å²) < 4.78 is 5.15. The summed E-state index contributed by atoms with van der Waals surface area (Å²) in [5.74, 6) is 0.0525. The highest BCUT2D eigenvalue weighted by Gasteiger charge is 2.17. The number of aliphatic carboxylic acids is 1. The first-order valence-corrected chi connectivity index (χ1v) is 7.16. The van der Waals surface area contributed by atoms with Gasteiger partial charge in [0.15, 0.2) is 0 Å². The van der Waals surface area contributed by atoms with Crippen LogP contribution < -0.4 is 4.74 Å². The minimum absolute atomic E-state index is 0.0746. The first-order valence-electron chi connectivity index (χ1n) is 7.16. The topological polar surface area (TPSA) is 53.0 Å². The molecule has 0 aromatic heterocycles. The molecule has 0 amide bonds. The average Bonchev–Trinajstić information content (AvgIpc) is 2.43. The molecule has 0 bridgehead atoms. The van der Waals surface area contributed by atoms with Crippen LogP contribution in [-0.2, 0) is 11.2 Å². The summed E-state index contributed by atoms with van der Waals surface area (Å²) in [6.07, 6.45) is 0.824. The predicted molar refractivity (Wildman–Crippen MR) is 83.9 cm³/mol. The van der Waals surface area contributed by atoms with Gasteiger partial charge in [-0.05, 0) is 45.1 Å². The maximum absolute atomic E-state index is 11.0. The van der Waals surface area contributed by atoms with Crippen LogP contribution in [0.2, 0.25) is 0 Å². The lowest BCUT2D eigenvalue weighted by atomic mass is 10.1. The molecule has 5 nitrogen and oxygen atoms in total. The van der Waals surface area contributed by atoms with Gasteiger partial charge >= 0.3 is 5.97 Å². The molecule has 1 aromatic rings. The lowest BCUT2D eigenvalue weighted by molar-refractivity contribution is -0.138. The highest BCUT2D eigenvalue weighted by atomic mass is 16.5. The van der Waals surface area contributed by atoms with Gasteiger partial charge in [-0.2, -0.15) is 0 Å². The molecule has 0 radical (unpaired) electrons. The van der Waals surface area contributed by atoms with Crippen LogP contribution in [0.1, 0.15) is 12.5 Å². The third-order valence-electron chi connectivity index (χ3n) is 3.49. The van der Waals surface area contributed by atoms with Crippen LogP contribution in [0.4, 0.5) is 0 Å². The molecule has 1 N–H and O–H groups in total. The van der Waals surface area contributed by atoms with Crippen molar-refractivity contribution >= 4 is 5.97 Å². The predicted octanol–water partition coefficient (Wildman–Crippen LogP) is 1.57. The van der Waals surface area contributed by atoms with Gasteiger partial charge in [0.25, 0.3) is 0 Å². The van der Waals surface area contributed by atoms with Crippen molar-refractivity contribution in [2.45, 2.75) is 19.4 Å². The molecule has 118 valence electrons. The van der Waals surface area contributed by atoms with Gasteiger partial charge in [-0.15, -0.1) is 0 Å². The van der Waals surface area contributed by atoms with Gasteiger partial charge < -0.3 is 14.7 Å². The van der Waals surface area contributed by atoms with Gasteiger partial charge in [0.1, 0.15) is 5.75 Å². The van der Waals surface area contributed by atoms with E-state index < -0.39 is 5.97 Å². The Labute approximate surface area is 127 Å². The maximum atomic E-state index is 11.0. The smallest absolute Gasteiger partial charge is 0.317 e. The molecule has 5 heteroatoms. The van der Waals surface area contributed by atoms with E-state index in [1.165, 1.54) is 5.56 Å². The molecular formula is C16H26N2O3. The van der Waals surface area contributed by atoms with Crippen LogP contribution in [-0.4, -0.2) is 67.8 Å². The molecule has 21 heavy (non-hydrogen) atoms. The van der Waals surface area contributed by atoms with E-state index in [0.717, 1.165) is 25.3 Å². The number of rotatable bonds is 9. The summed E-state index contributed by atoms with van der Waals surface area (Å²) in [5, 5.41) is 9.06. The van der Waals surface area contributed by atoms with E-state index in [1.54, 1.807) is 7.11 Å². The Balaban J connectivity index is 2.64. The number of nitrogens with zero attached hydrogens (tertiary/aromatic N) is 2.